The van der Waals surface area contributed by atoms with E-state index in [1.807, 2.05) is 0 Å². The zero-order chi connectivity index (χ0) is 10.7. The van der Waals surface area contributed by atoms with Gasteiger partial charge in [-0.2, -0.15) is 0 Å². The molecule has 2 aliphatic rings. The molecule has 0 radical (unpaired) electrons. The fourth-order valence-corrected chi connectivity index (χ4v) is 2.29. The molecule has 2 nitrogen and oxygen atoms in total. The molecule has 0 aromatic carbocycles. The van der Waals surface area contributed by atoms with Crippen LogP contribution in [-0.4, -0.2) is 31.1 Å². The third-order valence-electron chi connectivity index (χ3n) is 3.85. The zero-order valence-corrected chi connectivity index (χ0v) is 10.1. The monoisotopic (exact) mass is 210 g/mol. The maximum absolute atomic E-state index is 5.80. The molecule has 0 bridgehead atoms. The first kappa shape index (κ1) is 11.4. The molecule has 0 spiro atoms. The second-order valence-electron chi connectivity index (χ2n) is 5.62. The van der Waals surface area contributed by atoms with Crippen LogP contribution in [0.15, 0.2) is 0 Å². The van der Waals surface area contributed by atoms with Crippen molar-refractivity contribution >= 4 is 0 Å². The summed E-state index contributed by atoms with van der Waals surface area (Å²) in [4.78, 5) is 2.70. The van der Waals surface area contributed by atoms with E-state index in [-0.39, 0.29) is 0 Å². The van der Waals surface area contributed by atoms with E-state index in [0.717, 1.165) is 24.3 Å². The van der Waals surface area contributed by atoms with Gasteiger partial charge in [0.1, 0.15) is 0 Å². The topological polar surface area (TPSA) is 29.3 Å². The standard InChI is InChI=1S/C13H26N2/c1-2-11(7-14)8-15(9-12-3-4-12)10-13-5-6-13/h11-13H,2-10,14H2,1H3. The summed E-state index contributed by atoms with van der Waals surface area (Å²) in [6.45, 7) is 7.09. The molecule has 2 saturated carbocycles. The lowest BCUT2D eigenvalue weighted by molar-refractivity contribution is 0.213. The summed E-state index contributed by atoms with van der Waals surface area (Å²) in [7, 11) is 0. The Labute approximate surface area is 94.2 Å². The average Bonchev–Trinajstić information content (AvgIpc) is 3.09. The summed E-state index contributed by atoms with van der Waals surface area (Å²) < 4.78 is 0. The fourth-order valence-electron chi connectivity index (χ4n) is 2.29. The lowest BCUT2D eigenvalue weighted by Crippen LogP contribution is -2.35. The number of nitrogens with zero attached hydrogens (tertiary/aromatic N) is 1. The summed E-state index contributed by atoms with van der Waals surface area (Å²) in [6.07, 6.45) is 7.13. The van der Waals surface area contributed by atoms with Crippen molar-refractivity contribution in [1.82, 2.24) is 4.90 Å². The van der Waals surface area contributed by atoms with Gasteiger partial charge in [-0.1, -0.05) is 13.3 Å². The second kappa shape index (κ2) is 5.31. The van der Waals surface area contributed by atoms with Gasteiger partial charge < -0.3 is 10.6 Å². The predicted molar refractivity (Wildman–Crippen MR) is 64.7 cm³/mol. The molecule has 1 atom stereocenters. The average molecular weight is 210 g/mol. The molecule has 2 aliphatic carbocycles. The molecule has 0 aromatic heterocycles. The molecule has 2 fully saturated rings. The van der Waals surface area contributed by atoms with Crippen molar-refractivity contribution in [3.8, 4) is 0 Å². The van der Waals surface area contributed by atoms with E-state index >= 15 is 0 Å². The van der Waals surface area contributed by atoms with Crippen LogP contribution in [0.25, 0.3) is 0 Å². The van der Waals surface area contributed by atoms with E-state index < -0.39 is 0 Å². The third-order valence-corrected chi connectivity index (χ3v) is 3.85. The van der Waals surface area contributed by atoms with Gasteiger partial charge in [0.2, 0.25) is 0 Å². The van der Waals surface area contributed by atoms with Crippen molar-refractivity contribution in [3.05, 3.63) is 0 Å². The summed E-state index contributed by atoms with van der Waals surface area (Å²) in [5.41, 5.74) is 5.80. The molecule has 15 heavy (non-hydrogen) atoms. The van der Waals surface area contributed by atoms with Gasteiger partial charge in [-0.15, -0.1) is 0 Å². The maximum atomic E-state index is 5.80. The van der Waals surface area contributed by atoms with E-state index in [1.165, 1.54) is 51.7 Å². The van der Waals surface area contributed by atoms with Crippen LogP contribution in [0.2, 0.25) is 0 Å². The zero-order valence-electron chi connectivity index (χ0n) is 10.1. The van der Waals surface area contributed by atoms with Gasteiger partial charge in [0, 0.05) is 19.6 Å². The largest absolute Gasteiger partial charge is 0.330 e. The number of rotatable bonds is 8. The van der Waals surface area contributed by atoms with Crippen LogP contribution < -0.4 is 5.73 Å². The Morgan fingerprint density at radius 3 is 2.00 bits per heavy atom. The fraction of sp³-hybridized carbons (Fsp3) is 1.00. The van der Waals surface area contributed by atoms with Crippen molar-refractivity contribution in [2.45, 2.75) is 39.0 Å². The first-order valence-electron chi connectivity index (χ1n) is 6.74. The Balaban J connectivity index is 1.73. The van der Waals surface area contributed by atoms with Crippen LogP contribution in [-0.2, 0) is 0 Å². The Morgan fingerprint density at radius 1 is 1.13 bits per heavy atom. The molecule has 2 N–H and O–H groups in total. The van der Waals surface area contributed by atoms with Gasteiger partial charge in [-0.05, 0) is 50.0 Å². The van der Waals surface area contributed by atoms with E-state index in [9.17, 15) is 0 Å². The van der Waals surface area contributed by atoms with E-state index in [1.54, 1.807) is 0 Å². The second-order valence-corrected chi connectivity index (χ2v) is 5.62. The maximum Gasteiger partial charge on any atom is 0.00218 e. The van der Waals surface area contributed by atoms with Crippen molar-refractivity contribution in [1.29, 1.82) is 0 Å². The smallest absolute Gasteiger partial charge is 0.00218 e. The van der Waals surface area contributed by atoms with Crippen LogP contribution in [0.3, 0.4) is 0 Å². The van der Waals surface area contributed by atoms with Gasteiger partial charge >= 0.3 is 0 Å². The van der Waals surface area contributed by atoms with Gasteiger partial charge in [-0.3, -0.25) is 0 Å². The van der Waals surface area contributed by atoms with Crippen LogP contribution in [0, 0.1) is 17.8 Å². The quantitative estimate of drug-likeness (QED) is 0.665. The van der Waals surface area contributed by atoms with E-state index in [4.69, 9.17) is 5.73 Å². The van der Waals surface area contributed by atoms with E-state index in [0.29, 0.717) is 0 Å². The molecule has 0 saturated heterocycles. The van der Waals surface area contributed by atoms with Crippen molar-refractivity contribution in [3.63, 3.8) is 0 Å². The lowest BCUT2D eigenvalue weighted by Gasteiger charge is -2.26. The molecular weight excluding hydrogens is 184 g/mol. The number of hydrogen-bond acceptors (Lipinski definition) is 2. The first-order valence-corrected chi connectivity index (χ1v) is 6.74. The highest BCUT2D eigenvalue weighted by molar-refractivity contribution is 4.83. The first-order chi connectivity index (χ1) is 7.31. The molecule has 1 unspecified atom stereocenters. The van der Waals surface area contributed by atoms with Gasteiger partial charge in [-0.25, -0.2) is 0 Å². The van der Waals surface area contributed by atoms with Gasteiger partial charge in [0.25, 0.3) is 0 Å². The highest BCUT2D eigenvalue weighted by Gasteiger charge is 2.29. The summed E-state index contributed by atoms with van der Waals surface area (Å²) in [6, 6.07) is 0. The van der Waals surface area contributed by atoms with Crippen LogP contribution in [0.1, 0.15) is 39.0 Å². The molecule has 0 amide bonds. The Morgan fingerprint density at radius 2 is 1.67 bits per heavy atom. The minimum Gasteiger partial charge on any atom is -0.330 e. The van der Waals surface area contributed by atoms with Crippen molar-refractivity contribution < 1.29 is 0 Å². The van der Waals surface area contributed by atoms with Crippen LogP contribution >= 0.6 is 0 Å². The van der Waals surface area contributed by atoms with Crippen molar-refractivity contribution in [2.75, 3.05) is 26.2 Å². The Kier molecular flexibility index (Phi) is 4.04. The summed E-state index contributed by atoms with van der Waals surface area (Å²) in [5, 5.41) is 0. The minimum absolute atomic E-state index is 0.725. The molecule has 0 aliphatic heterocycles. The van der Waals surface area contributed by atoms with Gasteiger partial charge in [0.15, 0.2) is 0 Å². The van der Waals surface area contributed by atoms with Crippen LogP contribution in [0.5, 0.6) is 0 Å². The molecule has 2 heteroatoms. The summed E-state index contributed by atoms with van der Waals surface area (Å²) >= 11 is 0. The Bertz CT molecular complexity index is 167. The van der Waals surface area contributed by atoms with Crippen LogP contribution in [0.4, 0.5) is 0 Å². The molecule has 2 rings (SSSR count). The molecule has 88 valence electrons. The molecule has 0 heterocycles. The predicted octanol–water partition coefficient (Wildman–Crippen LogP) is 2.09. The molecular formula is C13H26N2. The normalized spacial score (nSPS) is 23.4. The number of hydrogen-bond donors (Lipinski definition) is 1. The number of nitrogens with two attached hydrogens (primary N) is 1. The van der Waals surface area contributed by atoms with E-state index in [2.05, 4.69) is 11.8 Å². The van der Waals surface area contributed by atoms with Crippen molar-refractivity contribution in [2.24, 2.45) is 23.5 Å². The SMILES string of the molecule is CCC(CN)CN(CC1CC1)CC1CC1. The highest BCUT2D eigenvalue weighted by atomic mass is 15.1. The third kappa shape index (κ3) is 4.12. The summed E-state index contributed by atoms with van der Waals surface area (Å²) in [5.74, 6) is 2.78. The lowest BCUT2D eigenvalue weighted by atomic mass is 10.1. The van der Waals surface area contributed by atoms with Gasteiger partial charge in [0.05, 0.1) is 0 Å². The highest BCUT2D eigenvalue weighted by Crippen LogP contribution is 2.34. The molecule has 0 aromatic rings. The Hall–Kier alpha value is -0.0800. The minimum atomic E-state index is 0.725.